The number of nitrogens with zero attached hydrogens (tertiary/aromatic N) is 4. The van der Waals surface area contributed by atoms with Crippen molar-refractivity contribution < 1.29 is 9.18 Å². The number of hydrogen-bond donors (Lipinski definition) is 0. The lowest BCUT2D eigenvalue weighted by molar-refractivity contribution is -0.130. The summed E-state index contributed by atoms with van der Waals surface area (Å²) in [6, 6.07) is 1.78. The number of alkyl halides is 1. The number of halogens is 1. The molecule has 0 saturated carbocycles. The zero-order valence-corrected chi connectivity index (χ0v) is 14.8. The molecule has 1 aromatic rings. The maximum Gasteiger partial charge on any atom is 0.235 e. The van der Waals surface area contributed by atoms with Crippen LogP contribution in [-0.4, -0.2) is 69.5 Å². The number of likely N-dealkylation sites (tertiary alicyclic amines) is 1. The number of carbonyl (C=O) groups is 1. The molecule has 7 heteroatoms. The second kappa shape index (κ2) is 8.59. The minimum absolute atomic E-state index is 0.0159. The predicted molar refractivity (Wildman–Crippen MR) is 91.0 cm³/mol. The Morgan fingerprint density at radius 2 is 2.22 bits per heavy atom. The zero-order chi connectivity index (χ0) is 16.8. The van der Waals surface area contributed by atoms with Crippen molar-refractivity contribution in [2.75, 3.05) is 26.4 Å². The normalized spacial score (nSPS) is 23.0. The quantitative estimate of drug-likeness (QED) is 0.760. The van der Waals surface area contributed by atoms with Gasteiger partial charge in [0.1, 0.15) is 12.0 Å². The molecule has 3 atom stereocenters. The molecule has 128 valence electrons. The van der Waals surface area contributed by atoms with Gasteiger partial charge in [0.2, 0.25) is 5.91 Å². The van der Waals surface area contributed by atoms with Crippen LogP contribution in [0.3, 0.4) is 0 Å². The molecule has 1 aromatic heterocycles. The number of hydrogen-bond acceptors (Lipinski definition) is 5. The van der Waals surface area contributed by atoms with E-state index in [-0.39, 0.29) is 17.2 Å². The van der Waals surface area contributed by atoms with Crippen molar-refractivity contribution in [1.29, 1.82) is 0 Å². The second-order valence-corrected chi connectivity index (χ2v) is 6.97. The van der Waals surface area contributed by atoms with Gasteiger partial charge in [0.25, 0.3) is 0 Å². The minimum Gasteiger partial charge on any atom is -0.343 e. The number of thioether (sulfide) groups is 1. The van der Waals surface area contributed by atoms with E-state index in [2.05, 4.69) is 9.97 Å². The number of likely N-dealkylation sites (N-methyl/N-ethyl adjacent to an activating group) is 1. The summed E-state index contributed by atoms with van der Waals surface area (Å²) in [5, 5.41) is -0.0199. The Labute approximate surface area is 141 Å². The summed E-state index contributed by atoms with van der Waals surface area (Å²) in [4.78, 5) is 24.6. The van der Waals surface area contributed by atoms with Gasteiger partial charge in [0.05, 0.1) is 11.8 Å². The highest BCUT2D eigenvalue weighted by atomic mass is 32.2. The van der Waals surface area contributed by atoms with Gasteiger partial charge < -0.3 is 4.90 Å². The van der Waals surface area contributed by atoms with Gasteiger partial charge in [-0.2, -0.15) is 11.8 Å². The van der Waals surface area contributed by atoms with Crippen LogP contribution >= 0.6 is 11.8 Å². The Bertz CT molecular complexity index is 500. The lowest BCUT2D eigenvalue weighted by atomic mass is 10.2. The van der Waals surface area contributed by atoms with Crippen molar-refractivity contribution in [3.8, 4) is 0 Å². The third-order valence-corrected chi connectivity index (χ3v) is 5.34. The summed E-state index contributed by atoms with van der Waals surface area (Å²) in [5.41, 5.74) is 0. The van der Waals surface area contributed by atoms with Gasteiger partial charge in [0.15, 0.2) is 0 Å². The Hall–Kier alpha value is -1.21. The van der Waals surface area contributed by atoms with Gasteiger partial charge in [-0.15, -0.1) is 0 Å². The van der Waals surface area contributed by atoms with Gasteiger partial charge in [-0.05, 0) is 25.2 Å². The molecule has 0 aliphatic carbocycles. The molecule has 23 heavy (non-hydrogen) atoms. The molecule has 0 unspecified atom stereocenters. The van der Waals surface area contributed by atoms with Crippen molar-refractivity contribution in [3.63, 3.8) is 0 Å². The lowest BCUT2D eigenvalue weighted by Gasteiger charge is -2.29. The smallest absolute Gasteiger partial charge is 0.235 e. The molecule has 1 saturated heterocycles. The first-order valence-corrected chi connectivity index (χ1v) is 9.25. The standard InChI is InChI=1S/C16H25FN4OS/c1-4-14(23-3)16(22)20(2)10-13-8-12(17)9-21(13)11-15-18-6-5-7-19-15/h5-7,12-14H,4,8-11H2,1-3H3/t12-,13-,14+/m0/s1. The summed E-state index contributed by atoms with van der Waals surface area (Å²) in [6.07, 6.45) is 5.75. The highest BCUT2D eigenvalue weighted by Gasteiger charge is 2.34. The fourth-order valence-corrected chi connectivity index (χ4v) is 3.71. The van der Waals surface area contributed by atoms with E-state index < -0.39 is 6.17 Å². The van der Waals surface area contributed by atoms with Crippen LogP contribution in [0.5, 0.6) is 0 Å². The van der Waals surface area contributed by atoms with Crippen LogP contribution in [0.4, 0.5) is 4.39 Å². The summed E-state index contributed by atoms with van der Waals surface area (Å²) < 4.78 is 13.9. The first kappa shape index (κ1) is 18.1. The first-order chi connectivity index (χ1) is 11.0. The van der Waals surface area contributed by atoms with Crippen LogP contribution in [0.25, 0.3) is 0 Å². The van der Waals surface area contributed by atoms with Crippen molar-refractivity contribution in [2.24, 2.45) is 0 Å². The monoisotopic (exact) mass is 340 g/mol. The molecular weight excluding hydrogens is 315 g/mol. The summed E-state index contributed by atoms with van der Waals surface area (Å²) in [5.74, 6) is 0.814. The summed E-state index contributed by atoms with van der Waals surface area (Å²) in [6.45, 7) is 3.46. The fourth-order valence-electron chi connectivity index (χ4n) is 2.99. The SMILES string of the molecule is CC[C@@H](SC)C(=O)N(C)C[C@@H]1C[C@H](F)CN1Cc1ncccn1. The number of rotatable bonds is 7. The fraction of sp³-hybridized carbons (Fsp3) is 0.688. The van der Waals surface area contributed by atoms with E-state index >= 15 is 0 Å². The number of carbonyl (C=O) groups excluding carboxylic acids is 1. The number of amides is 1. The van der Waals surface area contributed by atoms with Gasteiger partial charge in [-0.25, -0.2) is 14.4 Å². The van der Waals surface area contributed by atoms with Crippen molar-refractivity contribution in [1.82, 2.24) is 19.8 Å². The minimum atomic E-state index is -0.852. The molecule has 5 nitrogen and oxygen atoms in total. The molecule has 1 amide bonds. The average molecular weight is 340 g/mol. The van der Waals surface area contributed by atoms with Crippen molar-refractivity contribution >= 4 is 17.7 Å². The molecule has 2 rings (SSSR count). The van der Waals surface area contributed by atoms with E-state index in [1.807, 2.05) is 25.1 Å². The van der Waals surface area contributed by atoms with Crippen LogP contribution < -0.4 is 0 Å². The third kappa shape index (κ3) is 4.88. The van der Waals surface area contributed by atoms with E-state index in [4.69, 9.17) is 0 Å². The lowest BCUT2D eigenvalue weighted by Crippen LogP contribution is -2.43. The second-order valence-electron chi connectivity index (χ2n) is 5.93. The number of aromatic nitrogens is 2. The molecule has 2 heterocycles. The van der Waals surface area contributed by atoms with Crippen LogP contribution in [0.2, 0.25) is 0 Å². The molecule has 0 aromatic carbocycles. The van der Waals surface area contributed by atoms with Gasteiger partial charge in [-0.3, -0.25) is 9.69 Å². The maximum atomic E-state index is 13.9. The molecule has 0 radical (unpaired) electrons. The predicted octanol–water partition coefficient (Wildman–Crippen LogP) is 1.99. The first-order valence-electron chi connectivity index (χ1n) is 7.96. The molecule has 1 fully saturated rings. The maximum absolute atomic E-state index is 13.9. The van der Waals surface area contributed by atoms with Crippen molar-refractivity contribution in [2.45, 2.75) is 43.8 Å². The molecule has 0 bridgehead atoms. The average Bonchev–Trinajstić information content (AvgIpc) is 2.88. The van der Waals surface area contributed by atoms with E-state index in [1.165, 1.54) is 0 Å². The molecular formula is C16H25FN4OS. The van der Waals surface area contributed by atoms with E-state index in [1.54, 1.807) is 35.1 Å². The van der Waals surface area contributed by atoms with E-state index in [9.17, 15) is 9.18 Å². The highest BCUT2D eigenvalue weighted by molar-refractivity contribution is 7.99. The van der Waals surface area contributed by atoms with Gasteiger partial charge in [-0.1, -0.05) is 6.92 Å². The summed E-state index contributed by atoms with van der Waals surface area (Å²) >= 11 is 1.57. The Balaban J connectivity index is 1.97. The zero-order valence-electron chi connectivity index (χ0n) is 14.0. The molecule has 1 aliphatic heterocycles. The largest absolute Gasteiger partial charge is 0.343 e. The van der Waals surface area contributed by atoms with E-state index in [0.717, 1.165) is 6.42 Å². The molecule has 0 spiro atoms. The topological polar surface area (TPSA) is 49.3 Å². The van der Waals surface area contributed by atoms with Crippen LogP contribution in [0, 0.1) is 0 Å². The highest BCUT2D eigenvalue weighted by Crippen LogP contribution is 2.23. The molecule has 1 aliphatic rings. The van der Waals surface area contributed by atoms with Gasteiger partial charge >= 0.3 is 0 Å². The van der Waals surface area contributed by atoms with Crippen molar-refractivity contribution in [3.05, 3.63) is 24.3 Å². The third-order valence-electron chi connectivity index (χ3n) is 4.23. The van der Waals surface area contributed by atoms with Crippen LogP contribution in [-0.2, 0) is 11.3 Å². The Morgan fingerprint density at radius 3 is 2.83 bits per heavy atom. The summed E-state index contributed by atoms with van der Waals surface area (Å²) in [7, 11) is 1.81. The Morgan fingerprint density at radius 1 is 1.52 bits per heavy atom. The Kier molecular flexibility index (Phi) is 6.77. The van der Waals surface area contributed by atoms with Crippen LogP contribution in [0.15, 0.2) is 18.5 Å². The van der Waals surface area contributed by atoms with E-state index in [0.29, 0.717) is 31.9 Å². The molecule has 0 N–H and O–H groups in total. The van der Waals surface area contributed by atoms with Gasteiger partial charge in [0, 0.05) is 38.6 Å². The van der Waals surface area contributed by atoms with Crippen LogP contribution in [0.1, 0.15) is 25.6 Å².